The zero-order valence-electron chi connectivity index (χ0n) is 32.9. The lowest BCUT2D eigenvalue weighted by Crippen LogP contribution is -2.58. The van der Waals surface area contributed by atoms with Crippen LogP contribution >= 0.6 is 0 Å². The number of likely N-dealkylation sites (tertiary alicyclic amines) is 1. The average Bonchev–Trinajstić information content (AvgIpc) is 3.49. The van der Waals surface area contributed by atoms with E-state index in [9.17, 15) is 18.8 Å². The topological polar surface area (TPSA) is 151 Å². The molecule has 3 aliphatic heterocycles. The van der Waals surface area contributed by atoms with Crippen LogP contribution in [-0.2, 0) is 40.6 Å². The molecule has 0 radical (unpaired) electrons. The molecule has 0 bridgehead atoms. The first-order valence-corrected chi connectivity index (χ1v) is 19.1. The van der Waals surface area contributed by atoms with Crippen molar-refractivity contribution in [1.82, 2.24) is 19.4 Å². The van der Waals surface area contributed by atoms with Crippen molar-refractivity contribution in [2.75, 3.05) is 78.7 Å². The van der Waals surface area contributed by atoms with Crippen LogP contribution in [0.3, 0.4) is 0 Å². The number of rotatable bonds is 13. The summed E-state index contributed by atoms with van der Waals surface area (Å²) in [4.78, 5) is 66.6. The maximum atomic E-state index is 15.2. The highest BCUT2D eigenvalue weighted by atomic mass is 19.1. The van der Waals surface area contributed by atoms with Crippen molar-refractivity contribution >= 4 is 40.7 Å². The Bertz CT molecular complexity index is 2180. The molecule has 306 valence electrons. The second-order valence-electron chi connectivity index (χ2n) is 14.1. The van der Waals surface area contributed by atoms with Gasteiger partial charge in [0.05, 0.1) is 39.0 Å². The number of carbonyl (C=O) groups excluding carboxylic acids is 4. The number of nitrogens with zero attached hydrogens (tertiary/aromatic N) is 5. The fourth-order valence-electron chi connectivity index (χ4n) is 8.19. The number of imide groups is 1. The molecule has 0 N–H and O–H groups in total. The van der Waals surface area contributed by atoms with Crippen LogP contribution in [0.2, 0.25) is 0 Å². The summed E-state index contributed by atoms with van der Waals surface area (Å²) in [6.07, 6.45) is 2.48. The number of hydrogen-bond acceptors (Lipinski definition) is 13. The van der Waals surface area contributed by atoms with Gasteiger partial charge in [0, 0.05) is 50.5 Å². The Labute approximate surface area is 334 Å². The Morgan fingerprint density at radius 1 is 0.862 bits per heavy atom. The van der Waals surface area contributed by atoms with Gasteiger partial charge in [-0.05, 0) is 74.8 Å². The van der Waals surface area contributed by atoms with Crippen LogP contribution < -0.4 is 19.1 Å². The minimum absolute atomic E-state index is 0.0165. The highest BCUT2D eigenvalue weighted by Crippen LogP contribution is 2.51. The number of anilines is 1. The van der Waals surface area contributed by atoms with Gasteiger partial charge in [-0.15, -0.1) is 0 Å². The highest BCUT2D eigenvalue weighted by Gasteiger charge is 2.71. The molecule has 1 unspecified atom stereocenters. The third kappa shape index (κ3) is 7.33. The van der Waals surface area contributed by atoms with Gasteiger partial charge >= 0.3 is 11.9 Å². The SMILES string of the molecule is CCOCCn1c(N2CCCN(CCC3(c4ccc(F)cc4)C(=O)N(C(=O)c4cc(OC)c(OC)c(OC)c4)CC34OC(=O)C=CC(=O)O4)CC2)nc2ccccc21. The molecule has 2 amide bonds. The van der Waals surface area contributed by atoms with Crippen LogP contribution in [0.25, 0.3) is 11.0 Å². The van der Waals surface area contributed by atoms with Crippen molar-refractivity contribution < 1.29 is 52.0 Å². The summed E-state index contributed by atoms with van der Waals surface area (Å²) >= 11 is 0. The molecule has 15 nitrogen and oxygen atoms in total. The van der Waals surface area contributed by atoms with Crippen molar-refractivity contribution in [3.63, 3.8) is 0 Å². The summed E-state index contributed by atoms with van der Waals surface area (Å²) in [5.41, 5.74) is 0.0811. The molecule has 7 rings (SSSR count). The molecule has 58 heavy (non-hydrogen) atoms. The molecular weight excluding hydrogens is 753 g/mol. The fraction of sp³-hybridized carbons (Fsp3) is 0.405. The lowest BCUT2D eigenvalue weighted by atomic mass is 9.71. The number of methoxy groups -OCH3 is 3. The fourth-order valence-corrected chi connectivity index (χ4v) is 8.19. The third-order valence-electron chi connectivity index (χ3n) is 11.0. The van der Waals surface area contributed by atoms with Crippen LogP contribution in [0.5, 0.6) is 17.2 Å². The molecule has 1 spiro atoms. The Morgan fingerprint density at radius 2 is 1.55 bits per heavy atom. The van der Waals surface area contributed by atoms with E-state index in [0.29, 0.717) is 45.9 Å². The van der Waals surface area contributed by atoms with E-state index in [1.807, 2.05) is 31.2 Å². The maximum Gasteiger partial charge on any atom is 0.334 e. The minimum atomic E-state index is -2.33. The molecule has 3 aromatic carbocycles. The van der Waals surface area contributed by atoms with Crippen molar-refractivity contribution in [3.8, 4) is 17.2 Å². The Kier molecular flexibility index (Phi) is 11.7. The van der Waals surface area contributed by atoms with E-state index < -0.39 is 47.3 Å². The van der Waals surface area contributed by atoms with Crippen LogP contribution in [0.15, 0.2) is 72.8 Å². The van der Waals surface area contributed by atoms with E-state index in [1.165, 1.54) is 57.7 Å². The summed E-state index contributed by atoms with van der Waals surface area (Å²) in [7, 11) is 4.19. The molecule has 4 aromatic rings. The smallest absolute Gasteiger partial charge is 0.334 e. The number of fused-ring (bicyclic) bond motifs is 1. The average molecular weight is 800 g/mol. The lowest BCUT2D eigenvalue weighted by Gasteiger charge is -2.41. The Balaban J connectivity index is 1.24. The predicted octanol–water partition coefficient (Wildman–Crippen LogP) is 4.11. The van der Waals surface area contributed by atoms with E-state index in [4.69, 9.17) is 33.4 Å². The van der Waals surface area contributed by atoms with Gasteiger partial charge in [0.15, 0.2) is 16.9 Å². The molecule has 1 atom stereocenters. The standard InChI is InChI=1S/C42H46FN5O10/c1-5-56-24-23-47-32-10-7-6-9-31(32)44-40(47)46-19-8-18-45(21-22-46)20-17-41(29-11-13-30(43)14-12-29)39(52)48(27-42(41)57-35(49)15-16-36(50)58-42)38(51)28-25-33(53-2)37(55-4)34(26-28)54-3/h6-7,9-16,25-26H,5,8,17-24,27H2,1-4H3. The highest BCUT2D eigenvalue weighted by molar-refractivity contribution is 6.11. The summed E-state index contributed by atoms with van der Waals surface area (Å²) in [5, 5.41) is 0. The number of benzene rings is 3. The second-order valence-corrected chi connectivity index (χ2v) is 14.1. The number of halogens is 1. The number of imidazole rings is 1. The van der Waals surface area contributed by atoms with Gasteiger partial charge in [0.1, 0.15) is 12.4 Å². The van der Waals surface area contributed by atoms with Crippen LogP contribution in [0.4, 0.5) is 10.3 Å². The van der Waals surface area contributed by atoms with Crippen molar-refractivity contribution in [3.05, 3.63) is 89.8 Å². The zero-order chi connectivity index (χ0) is 41.0. The summed E-state index contributed by atoms with van der Waals surface area (Å²) in [5.74, 6) is -5.06. The Morgan fingerprint density at radius 3 is 2.21 bits per heavy atom. The zero-order valence-corrected chi connectivity index (χ0v) is 32.9. The summed E-state index contributed by atoms with van der Waals surface area (Å²) in [6, 6.07) is 15.9. The van der Waals surface area contributed by atoms with E-state index >= 15 is 4.79 Å². The third-order valence-corrected chi connectivity index (χ3v) is 11.0. The van der Waals surface area contributed by atoms with E-state index in [2.05, 4.69) is 14.4 Å². The summed E-state index contributed by atoms with van der Waals surface area (Å²) < 4.78 is 50.7. The molecule has 2 saturated heterocycles. The van der Waals surface area contributed by atoms with E-state index in [0.717, 1.165) is 40.5 Å². The van der Waals surface area contributed by atoms with E-state index in [-0.39, 0.29) is 41.3 Å². The van der Waals surface area contributed by atoms with Gasteiger partial charge in [-0.25, -0.2) is 19.0 Å². The molecule has 0 aliphatic carbocycles. The molecule has 2 fully saturated rings. The quantitative estimate of drug-likeness (QED) is 0.109. The molecule has 3 aliphatic rings. The van der Waals surface area contributed by atoms with Crippen LogP contribution in [-0.4, -0.2) is 123 Å². The maximum absolute atomic E-state index is 15.2. The predicted molar refractivity (Wildman–Crippen MR) is 208 cm³/mol. The number of aromatic nitrogens is 2. The molecule has 16 heteroatoms. The molecular formula is C42H46FN5O10. The van der Waals surface area contributed by atoms with Crippen molar-refractivity contribution in [1.29, 1.82) is 0 Å². The molecule has 1 aromatic heterocycles. The van der Waals surface area contributed by atoms with Gasteiger partial charge < -0.3 is 42.8 Å². The van der Waals surface area contributed by atoms with Crippen LogP contribution in [0.1, 0.15) is 35.7 Å². The first-order valence-electron chi connectivity index (χ1n) is 19.1. The minimum Gasteiger partial charge on any atom is -0.493 e. The van der Waals surface area contributed by atoms with E-state index in [1.54, 1.807) is 0 Å². The lowest BCUT2D eigenvalue weighted by molar-refractivity contribution is -0.235. The largest absolute Gasteiger partial charge is 0.493 e. The number of ether oxygens (including phenoxy) is 6. The first-order chi connectivity index (χ1) is 28.1. The van der Waals surface area contributed by atoms with Crippen molar-refractivity contribution in [2.24, 2.45) is 0 Å². The monoisotopic (exact) mass is 799 g/mol. The number of esters is 2. The molecule has 4 heterocycles. The van der Waals surface area contributed by atoms with Gasteiger partial charge in [-0.2, -0.15) is 0 Å². The number of hydrogen-bond donors (Lipinski definition) is 0. The number of para-hydroxylation sites is 2. The molecule has 0 saturated carbocycles. The van der Waals surface area contributed by atoms with Crippen molar-refractivity contribution in [2.45, 2.75) is 37.5 Å². The Hall–Kier alpha value is -6.00. The van der Waals surface area contributed by atoms with Crippen LogP contribution in [0, 0.1) is 5.82 Å². The van der Waals surface area contributed by atoms with Gasteiger partial charge in [0.25, 0.3) is 11.7 Å². The number of carbonyl (C=O) groups is 4. The summed E-state index contributed by atoms with van der Waals surface area (Å²) in [6.45, 7) is 5.83. The van der Waals surface area contributed by atoms with Gasteiger partial charge in [-0.1, -0.05) is 24.3 Å². The number of amides is 2. The normalized spacial score (nSPS) is 19.6. The van der Waals surface area contributed by atoms with Gasteiger partial charge in [0.2, 0.25) is 17.6 Å². The van der Waals surface area contributed by atoms with Gasteiger partial charge in [-0.3, -0.25) is 14.5 Å². The second kappa shape index (κ2) is 16.8. The first kappa shape index (κ1) is 40.2.